The molecule has 1 aromatic carbocycles. The molecule has 0 aliphatic heterocycles. The van der Waals surface area contributed by atoms with Gasteiger partial charge >= 0.3 is 0 Å². The lowest BCUT2D eigenvalue weighted by atomic mass is 10.2. The number of hydrazine groups is 1. The van der Waals surface area contributed by atoms with Gasteiger partial charge in [0.2, 0.25) is 0 Å². The number of benzene rings is 1. The molecule has 0 saturated heterocycles. The summed E-state index contributed by atoms with van der Waals surface area (Å²) in [6.07, 6.45) is 0. The fourth-order valence-electron chi connectivity index (χ4n) is 1.59. The molecule has 0 radical (unpaired) electrons. The Morgan fingerprint density at radius 1 is 1.35 bits per heavy atom. The van der Waals surface area contributed by atoms with Gasteiger partial charge in [-0.25, -0.2) is 15.2 Å². The molecule has 2 aromatic rings. The van der Waals surface area contributed by atoms with Crippen LogP contribution in [-0.2, 0) is 0 Å². The maximum Gasteiger partial charge on any atom is 0.275 e. The smallest absolute Gasteiger partial charge is 0.275 e. The average Bonchev–Trinajstić information content (AvgIpc) is 2.43. The number of pyridine rings is 1. The van der Waals surface area contributed by atoms with Crippen molar-refractivity contribution in [1.82, 2.24) is 4.98 Å². The molecule has 0 aliphatic rings. The number of nitrogens with one attached hydrogen (secondary N) is 2. The number of rotatable bonds is 3. The highest BCUT2D eigenvalue weighted by Gasteiger charge is 2.14. The van der Waals surface area contributed by atoms with E-state index in [2.05, 4.69) is 15.7 Å². The summed E-state index contributed by atoms with van der Waals surface area (Å²) >= 11 is 5.92. The zero-order valence-electron chi connectivity index (χ0n) is 10.6. The number of hydrogen-bond donors (Lipinski definition) is 3. The number of aromatic nitrogens is 1. The standard InChI is InChI=1S/C13H12ClFN4O/c1-7-2-3-8(15)6-10(7)17-13(20)12-9(14)4-5-11(18-12)19-16/h2-6H,16H2,1H3,(H,17,20)(H,18,19). The molecule has 0 atom stereocenters. The molecule has 0 fully saturated rings. The molecular weight excluding hydrogens is 283 g/mol. The lowest BCUT2D eigenvalue weighted by Crippen LogP contribution is -2.17. The molecule has 1 heterocycles. The second-order valence-corrected chi connectivity index (χ2v) is 4.49. The highest BCUT2D eigenvalue weighted by Crippen LogP contribution is 2.20. The Bertz CT molecular complexity index is 663. The molecule has 104 valence electrons. The Kier molecular flexibility index (Phi) is 4.16. The molecule has 0 aliphatic carbocycles. The minimum absolute atomic E-state index is 0.00535. The van der Waals surface area contributed by atoms with Gasteiger partial charge in [0, 0.05) is 5.69 Å². The Morgan fingerprint density at radius 2 is 2.10 bits per heavy atom. The van der Waals surface area contributed by atoms with Gasteiger partial charge in [-0.15, -0.1) is 0 Å². The summed E-state index contributed by atoms with van der Waals surface area (Å²) < 4.78 is 13.2. The van der Waals surface area contributed by atoms with Gasteiger partial charge < -0.3 is 10.7 Å². The van der Waals surface area contributed by atoms with Gasteiger partial charge in [0.15, 0.2) is 0 Å². The fraction of sp³-hybridized carbons (Fsp3) is 0.0769. The zero-order valence-corrected chi connectivity index (χ0v) is 11.3. The predicted octanol–water partition coefficient (Wildman–Crippen LogP) is 2.72. The Balaban J connectivity index is 2.30. The molecule has 0 bridgehead atoms. The van der Waals surface area contributed by atoms with E-state index < -0.39 is 11.7 Å². The van der Waals surface area contributed by atoms with Crippen molar-refractivity contribution in [3.05, 3.63) is 52.4 Å². The van der Waals surface area contributed by atoms with Gasteiger partial charge in [-0.3, -0.25) is 4.79 Å². The number of amides is 1. The fourth-order valence-corrected chi connectivity index (χ4v) is 1.78. The molecule has 20 heavy (non-hydrogen) atoms. The van der Waals surface area contributed by atoms with Crippen molar-refractivity contribution < 1.29 is 9.18 Å². The molecule has 1 amide bonds. The van der Waals surface area contributed by atoms with Gasteiger partial charge in [-0.2, -0.15) is 0 Å². The third-order valence-electron chi connectivity index (χ3n) is 2.66. The quantitative estimate of drug-likeness (QED) is 0.600. The van der Waals surface area contributed by atoms with E-state index in [9.17, 15) is 9.18 Å². The van der Waals surface area contributed by atoms with Crippen LogP contribution < -0.4 is 16.6 Å². The van der Waals surface area contributed by atoms with Crippen LogP contribution in [0.25, 0.3) is 0 Å². The lowest BCUT2D eigenvalue weighted by molar-refractivity contribution is 0.102. The van der Waals surface area contributed by atoms with Crippen molar-refractivity contribution >= 4 is 29.0 Å². The molecule has 0 spiro atoms. The topological polar surface area (TPSA) is 80.0 Å². The second kappa shape index (κ2) is 5.85. The van der Waals surface area contributed by atoms with E-state index >= 15 is 0 Å². The van der Waals surface area contributed by atoms with Crippen LogP contribution in [-0.4, -0.2) is 10.9 Å². The SMILES string of the molecule is Cc1ccc(F)cc1NC(=O)c1nc(NN)ccc1Cl. The summed E-state index contributed by atoms with van der Waals surface area (Å²) in [4.78, 5) is 16.1. The van der Waals surface area contributed by atoms with Gasteiger partial charge in [0.05, 0.1) is 5.02 Å². The summed E-state index contributed by atoms with van der Waals surface area (Å²) in [5.41, 5.74) is 3.42. The number of nitrogen functional groups attached to an aromatic ring is 1. The maximum atomic E-state index is 13.2. The summed E-state index contributed by atoms with van der Waals surface area (Å²) in [6.45, 7) is 1.75. The summed E-state index contributed by atoms with van der Waals surface area (Å²) in [5.74, 6) is 4.55. The van der Waals surface area contributed by atoms with Crippen LogP contribution in [0.3, 0.4) is 0 Å². The minimum atomic E-state index is -0.541. The van der Waals surface area contributed by atoms with E-state index in [1.807, 2.05) is 0 Å². The summed E-state index contributed by atoms with van der Waals surface area (Å²) in [5, 5.41) is 2.74. The number of hydrogen-bond acceptors (Lipinski definition) is 4. The number of halogens is 2. The van der Waals surface area contributed by atoms with Crippen LogP contribution in [0.4, 0.5) is 15.9 Å². The summed E-state index contributed by atoms with van der Waals surface area (Å²) in [6, 6.07) is 7.14. The molecule has 2 rings (SSSR count). The van der Waals surface area contributed by atoms with Gasteiger partial charge in [0.25, 0.3) is 5.91 Å². The van der Waals surface area contributed by atoms with Crippen LogP contribution in [0, 0.1) is 12.7 Å². The first-order valence-electron chi connectivity index (χ1n) is 5.72. The van der Waals surface area contributed by atoms with Crippen molar-refractivity contribution in [1.29, 1.82) is 0 Å². The minimum Gasteiger partial charge on any atom is -0.320 e. The number of aryl methyl sites for hydroxylation is 1. The first-order chi connectivity index (χ1) is 9.51. The monoisotopic (exact) mass is 294 g/mol. The first-order valence-corrected chi connectivity index (χ1v) is 6.09. The molecule has 5 nitrogen and oxygen atoms in total. The van der Waals surface area contributed by atoms with Crippen molar-refractivity contribution in [2.45, 2.75) is 6.92 Å². The Hall–Kier alpha value is -2.18. The largest absolute Gasteiger partial charge is 0.320 e. The molecule has 4 N–H and O–H groups in total. The highest BCUT2D eigenvalue weighted by molar-refractivity contribution is 6.34. The van der Waals surface area contributed by atoms with Crippen LogP contribution in [0.15, 0.2) is 30.3 Å². The van der Waals surface area contributed by atoms with E-state index in [0.717, 1.165) is 5.56 Å². The van der Waals surface area contributed by atoms with Crippen LogP contribution >= 0.6 is 11.6 Å². The molecule has 7 heteroatoms. The second-order valence-electron chi connectivity index (χ2n) is 4.08. The number of anilines is 2. The van der Waals surface area contributed by atoms with Crippen molar-refractivity contribution in [2.24, 2.45) is 5.84 Å². The van der Waals surface area contributed by atoms with Crippen molar-refractivity contribution in [3.63, 3.8) is 0 Å². The normalized spacial score (nSPS) is 10.2. The number of carbonyl (C=O) groups is 1. The van der Waals surface area contributed by atoms with Crippen LogP contribution in [0.2, 0.25) is 5.02 Å². The van der Waals surface area contributed by atoms with E-state index in [4.69, 9.17) is 17.4 Å². The van der Waals surface area contributed by atoms with E-state index in [0.29, 0.717) is 11.5 Å². The van der Waals surface area contributed by atoms with Gasteiger partial charge in [-0.1, -0.05) is 17.7 Å². The highest BCUT2D eigenvalue weighted by atomic mass is 35.5. The third kappa shape index (κ3) is 3.04. The van der Waals surface area contributed by atoms with E-state index in [1.165, 1.54) is 24.3 Å². The molecule has 0 unspecified atom stereocenters. The zero-order chi connectivity index (χ0) is 14.7. The number of nitrogens with zero attached hydrogens (tertiary/aromatic N) is 1. The molecular formula is C13H12ClFN4O. The lowest BCUT2D eigenvalue weighted by Gasteiger charge is -2.10. The van der Waals surface area contributed by atoms with Crippen LogP contribution in [0.1, 0.15) is 16.1 Å². The number of carbonyl (C=O) groups excluding carboxylic acids is 1. The van der Waals surface area contributed by atoms with Crippen molar-refractivity contribution in [3.8, 4) is 0 Å². The average molecular weight is 295 g/mol. The first kappa shape index (κ1) is 14.2. The van der Waals surface area contributed by atoms with Crippen LogP contribution in [0.5, 0.6) is 0 Å². The number of nitrogens with two attached hydrogens (primary N) is 1. The van der Waals surface area contributed by atoms with Gasteiger partial charge in [0.1, 0.15) is 17.3 Å². The van der Waals surface area contributed by atoms with Crippen molar-refractivity contribution in [2.75, 3.05) is 10.7 Å². The maximum absolute atomic E-state index is 13.2. The molecule has 0 saturated carbocycles. The third-order valence-corrected chi connectivity index (χ3v) is 2.96. The molecule has 1 aromatic heterocycles. The Labute approximate surface area is 119 Å². The Morgan fingerprint density at radius 3 is 2.80 bits per heavy atom. The predicted molar refractivity (Wildman–Crippen MR) is 76.1 cm³/mol. The van der Waals surface area contributed by atoms with E-state index in [1.54, 1.807) is 13.0 Å². The van der Waals surface area contributed by atoms with E-state index in [-0.39, 0.29) is 10.7 Å². The summed E-state index contributed by atoms with van der Waals surface area (Å²) in [7, 11) is 0. The van der Waals surface area contributed by atoms with Gasteiger partial charge in [-0.05, 0) is 36.8 Å².